The zero-order valence-electron chi connectivity index (χ0n) is 7.54. The Morgan fingerprint density at radius 3 is 2.69 bits per heavy atom. The van der Waals surface area contributed by atoms with Gasteiger partial charge in [-0.15, -0.1) is 0 Å². The molecular formula is C6H15N3O3S. The number of ether oxygens (including phenoxy) is 1. The molecule has 7 heteroatoms. The topological polar surface area (TPSA) is 105 Å². The molecule has 0 aliphatic heterocycles. The lowest BCUT2D eigenvalue weighted by molar-refractivity contribution is 0.163. The van der Waals surface area contributed by atoms with Crippen molar-refractivity contribution < 1.29 is 13.2 Å². The van der Waals surface area contributed by atoms with Crippen LogP contribution >= 0.6 is 0 Å². The second kappa shape index (κ2) is 5.90. The van der Waals surface area contributed by atoms with Gasteiger partial charge in [-0.05, 0) is 6.92 Å². The van der Waals surface area contributed by atoms with Crippen LogP contribution in [0.3, 0.4) is 0 Å². The van der Waals surface area contributed by atoms with Gasteiger partial charge in [-0.3, -0.25) is 5.41 Å². The van der Waals surface area contributed by atoms with Crippen LogP contribution in [-0.2, 0) is 14.8 Å². The first-order valence-electron chi connectivity index (χ1n) is 3.86. The third kappa shape index (κ3) is 7.69. The van der Waals surface area contributed by atoms with Crippen molar-refractivity contribution in [2.45, 2.75) is 6.92 Å². The highest BCUT2D eigenvalue weighted by Gasteiger charge is 2.09. The summed E-state index contributed by atoms with van der Waals surface area (Å²) in [5, 5.41) is 6.81. The largest absolute Gasteiger partial charge is 0.387 e. The van der Waals surface area contributed by atoms with Gasteiger partial charge in [0.1, 0.15) is 5.84 Å². The molecule has 0 aliphatic rings. The van der Waals surface area contributed by atoms with E-state index in [0.717, 1.165) is 0 Å². The number of nitrogens with one attached hydrogen (secondary N) is 2. The maximum atomic E-state index is 11.1. The van der Waals surface area contributed by atoms with E-state index in [0.29, 0.717) is 6.61 Å². The summed E-state index contributed by atoms with van der Waals surface area (Å²) in [7, 11) is -3.34. The van der Waals surface area contributed by atoms with Crippen molar-refractivity contribution in [3.63, 3.8) is 0 Å². The van der Waals surface area contributed by atoms with Gasteiger partial charge in [-0.25, -0.2) is 13.1 Å². The van der Waals surface area contributed by atoms with Crippen LogP contribution in [0.15, 0.2) is 0 Å². The second-order valence-electron chi connectivity index (χ2n) is 2.36. The summed E-state index contributed by atoms with van der Waals surface area (Å²) in [5.74, 6) is -0.311. The monoisotopic (exact) mass is 209 g/mol. The molecule has 0 bridgehead atoms. The zero-order chi connectivity index (χ0) is 10.3. The molecule has 0 rings (SSSR count). The SMILES string of the molecule is CCOCCS(=O)(=O)NCC(=N)N. The molecule has 0 aromatic carbocycles. The van der Waals surface area contributed by atoms with E-state index in [1.807, 2.05) is 0 Å². The molecule has 0 unspecified atom stereocenters. The molecule has 0 amide bonds. The highest BCUT2D eigenvalue weighted by molar-refractivity contribution is 7.89. The Balaban J connectivity index is 3.74. The quantitative estimate of drug-likeness (QED) is 0.280. The summed E-state index contributed by atoms with van der Waals surface area (Å²) in [6, 6.07) is 0. The minimum absolute atomic E-state index is 0.103. The Bertz CT molecular complexity index is 250. The van der Waals surface area contributed by atoms with E-state index in [9.17, 15) is 8.42 Å². The average molecular weight is 209 g/mol. The molecule has 0 aliphatic carbocycles. The third-order valence-electron chi connectivity index (χ3n) is 1.18. The van der Waals surface area contributed by atoms with Crippen molar-refractivity contribution in [2.24, 2.45) is 5.73 Å². The van der Waals surface area contributed by atoms with Crippen molar-refractivity contribution in [3.05, 3.63) is 0 Å². The van der Waals surface area contributed by atoms with Gasteiger partial charge < -0.3 is 10.5 Å². The van der Waals surface area contributed by atoms with Crippen molar-refractivity contribution in [1.82, 2.24) is 4.72 Å². The first kappa shape index (κ1) is 12.3. The van der Waals surface area contributed by atoms with E-state index >= 15 is 0 Å². The fourth-order valence-electron chi connectivity index (χ4n) is 0.573. The molecule has 0 aromatic rings. The Morgan fingerprint density at radius 1 is 1.62 bits per heavy atom. The number of hydrogen-bond donors (Lipinski definition) is 3. The van der Waals surface area contributed by atoms with Crippen LogP contribution in [0.4, 0.5) is 0 Å². The Labute approximate surface area is 78.0 Å². The molecule has 0 saturated carbocycles. The standard InChI is InChI=1S/C6H15N3O3S/c1-2-12-3-4-13(10,11)9-5-6(7)8/h9H,2-5H2,1H3,(H3,7,8). The van der Waals surface area contributed by atoms with Crippen LogP contribution in [-0.4, -0.2) is 39.8 Å². The van der Waals surface area contributed by atoms with E-state index in [1.165, 1.54) is 0 Å². The normalized spacial score (nSPS) is 11.5. The van der Waals surface area contributed by atoms with Crippen LogP contribution < -0.4 is 10.5 Å². The molecule has 0 fully saturated rings. The van der Waals surface area contributed by atoms with Crippen molar-refractivity contribution in [1.29, 1.82) is 5.41 Å². The van der Waals surface area contributed by atoms with E-state index in [2.05, 4.69) is 4.72 Å². The van der Waals surface area contributed by atoms with Gasteiger partial charge in [-0.1, -0.05) is 0 Å². The minimum atomic E-state index is -3.34. The lowest BCUT2D eigenvalue weighted by atomic mass is 10.6. The van der Waals surface area contributed by atoms with Crippen molar-refractivity contribution in [2.75, 3.05) is 25.5 Å². The second-order valence-corrected chi connectivity index (χ2v) is 4.29. The molecule has 0 atom stereocenters. The average Bonchev–Trinajstić information content (AvgIpc) is 2.02. The number of nitrogens with two attached hydrogens (primary N) is 1. The lowest BCUT2D eigenvalue weighted by Crippen LogP contribution is -2.35. The predicted molar refractivity (Wildman–Crippen MR) is 50.2 cm³/mol. The number of sulfonamides is 1. The van der Waals surface area contributed by atoms with Gasteiger partial charge in [0.2, 0.25) is 10.0 Å². The predicted octanol–water partition coefficient (Wildman–Crippen LogP) is -1.12. The Morgan fingerprint density at radius 2 is 2.23 bits per heavy atom. The first-order chi connectivity index (χ1) is 5.98. The summed E-state index contributed by atoms with van der Waals surface area (Å²) < 4.78 is 29.2. The van der Waals surface area contributed by atoms with E-state index in [4.69, 9.17) is 15.9 Å². The third-order valence-corrected chi connectivity index (χ3v) is 2.47. The molecule has 0 saturated heterocycles. The molecule has 0 heterocycles. The van der Waals surface area contributed by atoms with Crippen LogP contribution in [0.25, 0.3) is 0 Å². The molecule has 13 heavy (non-hydrogen) atoms. The van der Waals surface area contributed by atoms with Crippen molar-refractivity contribution in [3.8, 4) is 0 Å². The van der Waals surface area contributed by atoms with Crippen LogP contribution in [0.1, 0.15) is 6.92 Å². The van der Waals surface area contributed by atoms with Crippen LogP contribution in [0.2, 0.25) is 0 Å². The number of hydrogen-bond acceptors (Lipinski definition) is 4. The van der Waals surface area contributed by atoms with E-state index in [-0.39, 0.29) is 24.7 Å². The Kier molecular flexibility index (Phi) is 5.60. The number of amidine groups is 1. The van der Waals surface area contributed by atoms with Crippen LogP contribution in [0, 0.1) is 5.41 Å². The summed E-state index contributed by atoms with van der Waals surface area (Å²) in [6.45, 7) is 2.29. The van der Waals surface area contributed by atoms with Gasteiger partial charge in [0.15, 0.2) is 0 Å². The summed E-state index contributed by atoms with van der Waals surface area (Å²) >= 11 is 0. The molecule has 0 spiro atoms. The molecule has 6 nitrogen and oxygen atoms in total. The maximum absolute atomic E-state index is 11.1. The molecular weight excluding hydrogens is 194 g/mol. The molecule has 4 N–H and O–H groups in total. The fourth-order valence-corrected chi connectivity index (χ4v) is 1.43. The van der Waals surface area contributed by atoms with Gasteiger partial charge in [0.25, 0.3) is 0 Å². The van der Waals surface area contributed by atoms with Crippen molar-refractivity contribution >= 4 is 15.9 Å². The van der Waals surface area contributed by atoms with Crippen LogP contribution in [0.5, 0.6) is 0 Å². The summed E-state index contributed by atoms with van der Waals surface area (Å²) in [5.41, 5.74) is 4.98. The van der Waals surface area contributed by atoms with Gasteiger partial charge >= 0.3 is 0 Å². The van der Waals surface area contributed by atoms with Gasteiger partial charge in [0, 0.05) is 6.61 Å². The maximum Gasteiger partial charge on any atom is 0.214 e. The smallest absolute Gasteiger partial charge is 0.214 e. The van der Waals surface area contributed by atoms with E-state index < -0.39 is 10.0 Å². The minimum Gasteiger partial charge on any atom is -0.387 e. The highest BCUT2D eigenvalue weighted by Crippen LogP contribution is 1.84. The molecule has 78 valence electrons. The van der Waals surface area contributed by atoms with Gasteiger partial charge in [0.05, 0.1) is 18.9 Å². The summed E-state index contributed by atoms with van der Waals surface area (Å²) in [4.78, 5) is 0. The Hall–Kier alpha value is -0.660. The first-order valence-corrected chi connectivity index (χ1v) is 5.51. The molecule has 0 aromatic heterocycles. The fraction of sp³-hybridized carbons (Fsp3) is 0.833. The highest BCUT2D eigenvalue weighted by atomic mass is 32.2. The number of rotatable bonds is 7. The van der Waals surface area contributed by atoms with E-state index in [1.54, 1.807) is 6.92 Å². The summed E-state index contributed by atoms with van der Waals surface area (Å²) in [6.07, 6.45) is 0. The van der Waals surface area contributed by atoms with Gasteiger partial charge in [-0.2, -0.15) is 0 Å². The molecule has 0 radical (unpaired) electrons. The zero-order valence-corrected chi connectivity index (χ0v) is 8.36. The lowest BCUT2D eigenvalue weighted by Gasteiger charge is -2.05.